The molecule has 154 valence electrons. The average molecular weight is 414 g/mol. The number of methoxy groups -OCH3 is 1. The fourth-order valence-corrected chi connectivity index (χ4v) is 3.86. The number of rotatable bonds is 4. The van der Waals surface area contributed by atoms with Gasteiger partial charge in [-0.2, -0.15) is 5.10 Å². The van der Waals surface area contributed by atoms with Crippen LogP contribution in [0, 0.1) is 5.82 Å². The summed E-state index contributed by atoms with van der Waals surface area (Å²) in [5.74, 6) is 0.523. The molecule has 0 saturated heterocycles. The van der Waals surface area contributed by atoms with Crippen LogP contribution in [0.3, 0.4) is 0 Å². The number of nitrogens with two attached hydrogens (primary N) is 1. The van der Waals surface area contributed by atoms with E-state index in [1.807, 2.05) is 48.5 Å². The summed E-state index contributed by atoms with van der Waals surface area (Å²) < 4.78 is 22.1. The Labute approximate surface area is 176 Å². The molecule has 0 fully saturated rings. The fraction of sp³-hybridized carbons (Fsp3) is 0.0833. The molecule has 0 aliphatic rings. The molecule has 0 saturated carbocycles. The number of hydrogen-bond acceptors (Lipinski definition) is 4. The number of aromatic nitrogens is 3. The molecule has 0 spiro atoms. The summed E-state index contributed by atoms with van der Waals surface area (Å²) in [5.41, 5.74) is 8.76. The quantitative estimate of drug-likeness (QED) is 0.480. The highest BCUT2D eigenvalue weighted by Crippen LogP contribution is 2.28. The minimum atomic E-state index is -0.404. The summed E-state index contributed by atoms with van der Waals surface area (Å²) in [4.78, 5) is 13.5. The Balaban J connectivity index is 1.77. The molecular weight excluding hydrogens is 395 g/mol. The maximum Gasteiger partial charge on any atom is 0.264 e. The maximum absolute atomic E-state index is 13.8. The summed E-state index contributed by atoms with van der Waals surface area (Å²) in [6, 6.07) is 21.1. The molecule has 2 aromatic heterocycles. The topological polar surface area (TPSA) is 75.1 Å². The van der Waals surface area contributed by atoms with Crippen LogP contribution in [0.2, 0.25) is 0 Å². The van der Waals surface area contributed by atoms with Gasteiger partial charge in [-0.1, -0.05) is 36.4 Å². The number of nitrogen functional groups attached to an aromatic ring is 1. The molecular formula is C24H19FN4O2. The van der Waals surface area contributed by atoms with Crippen molar-refractivity contribution in [2.75, 3.05) is 12.8 Å². The van der Waals surface area contributed by atoms with Gasteiger partial charge in [0.25, 0.3) is 5.56 Å². The Hall–Kier alpha value is -4.13. The van der Waals surface area contributed by atoms with E-state index in [0.29, 0.717) is 23.1 Å². The Morgan fingerprint density at radius 2 is 1.81 bits per heavy atom. The molecule has 0 bridgehead atoms. The van der Waals surface area contributed by atoms with Crippen LogP contribution >= 0.6 is 0 Å². The second-order valence-corrected chi connectivity index (χ2v) is 7.26. The first-order chi connectivity index (χ1) is 15.1. The number of pyridine rings is 1. The number of benzene rings is 3. The minimum absolute atomic E-state index is 0.180. The van der Waals surface area contributed by atoms with E-state index in [9.17, 15) is 9.18 Å². The van der Waals surface area contributed by atoms with Crippen LogP contribution in [0.5, 0.6) is 5.75 Å². The van der Waals surface area contributed by atoms with Crippen molar-refractivity contribution in [3.63, 3.8) is 0 Å². The van der Waals surface area contributed by atoms with E-state index in [2.05, 4.69) is 5.10 Å². The van der Waals surface area contributed by atoms with Crippen LogP contribution in [0.4, 0.5) is 10.2 Å². The van der Waals surface area contributed by atoms with Gasteiger partial charge in [-0.3, -0.25) is 4.79 Å². The molecule has 0 aliphatic heterocycles. The molecule has 0 unspecified atom stereocenters. The molecule has 0 amide bonds. The lowest BCUT2D eigenvalue weighted by molar-refractivity contribution is 0.414. The molecule has 7 heteroatoms. The van der Waals surface area contributed by atoms with Gasteiger partial charge in [-0.25, -0.2) is 9.07 Å². The smallest absolute Gasteiger partial charge is 0.264 e. The van der Waals surface area contributed by atoms with Gasteiger partial charge < -0.3 is 15.0 Å². The zero-order valence-electron chi connectivity index (χ0n) is 16.7. The number of para-hydroxylation sites is 1. The van der Waals surface area contributed by atoms with Gasteiger partial charge in [0, 0.05) is 5.39 Å². The number of anilines is 1. The molecule has 3 aromatic carbocycles. The molecule has 5 rings (SSSR count). The number of hydrogen-bond donors (Lipinski definition) is 1. The van der Waals surface area contributed by atoms with Crippen LogP contribution in [0.25, 0.3) is 27.5 Å². The SMILES string of the molecule is COc1ccc(Cn2c(=O)c3c(N)n(-c4cccc(F)c4)nc3c3ccccc32)cc1. The number of halogens is 1. The predicted molar refractivity (Wildman–Crippen MR) is 119 cm³/mol. The zero-order chi connectivity index (χ0) is 21.5. The predicted octanol–water partition coefficient (Wildman–Crippen LogP) is 4.12. The van der Waals surface area contributed by atoms with Gasteiger partial charge in [0.05, 0.1) is 24.9 Å². The molecule has 6 nitrogen and oxygen atoms in total. The van der Waals surface area contributed by atoms with Gasteiger partial charge in [0.2, 0.25) is 0 Å². The molecule has 5 aromatic rings. The summed E-state index contributed by atoms with van der Waals surface area (Å²) in [7, 11) is 1.61. The van der Waals surface area contributed by atoms with Crippen LogP contribution in [0.1, 0.15) is 5.56 Å². The van der Waals surface area contributed by atoms with Crippen molar-refractivity contribution < 1.29 is 9.13 Å². The molecule has 0 aliphatic carbocycles. The fourth-order valence-electron chi connectivity index (χ4n) is 3.86. The van der Waals surface area contributed by atoms with Crippen molar-refractivity contribution >= 4 is 27.6 Å². The van der Waals surface area contributed by atoms with E-state index in [1.54, 1.807) is 23.8 Å². The maximum atomic E-state index is 13.8. The first kappa shape index (κ1) is 18.9. The van der Waals surface area contributed by atoms with E-state index < -0.39 is 5.82 Å². The number of ether oxygens (including phenoxy) is 1. The first-order valence-corrected chi connectivity index (χ1v) is 9.75. The molecule has 0 radical (unpaired) electrons. The standard InChI is InChI=1S/C24H19FN4O2/c1-31-18-11-9-15(10-12-18)14-28-20-8-3-2-7-19(20)22-21(24(28)30)23(26)29(27-22)17-6-4-5-16(25)13-17/h2-13H,14,26H2,1H3. The third-order valence-corrected chi connectivity index (χ3v) is 5.38. The van der Waals surface area contributed by atoms with Crippen LogP contribution in [-0.2, 0) is 6.54 Å². The van der Waals surface area contributed by atoms with Crippen molar-refractivity contribution in [3.05, 3.63) is 94.5 Å². The normalized spacial score (nSPS) is 11.3. The Kier molecular flexibility index (Phi) is 4.43. The Morgan fingerprint density at radius 1 is 1.03 bits per heavy atom. The van der Waals surface area contributed by atoms with Crippen molar-refractivity contribution in [2.24, 2.45) is 0 Å². The third-order valence-electron chi connectivity index (χ3n) is 5.38. The summed E-state index contributed by atoms with van der Waals surface area (Å²) in [5, 5.41) is 5.69. The van der Waals surface area contributed by atoms with Gasteiger partial charge in [0.1, 0.15) is 28.3 Å². The van der Waals surface area contributed by atoms with Gasteiger partial charge in [-0.05, 0) is 42.0 Å². The van der Waals surface area contributed by atoms with E-state index in [0.717, 1.165) is 22.2 Å². The summed E-state index contributed by atoms with van der Waals surface area (Å²) in [6.07, 6.45) is 0. The van der Waals surface area contributed by atoms with E-state index in [-0.39, 0.29) is 11.4 Å². The van der Waals surface area contributed by atoms with Crippen molar-refractivity contribution in [1.29, 1.82) is 0 Å². The lowest BCUT2D eigenvalue weighted by Gasteiger charge is -2.11. The molecule has 0 atom stereocenters. The molecule has 2 heterocycles. The van der Waals surface area contributed by atoms with E-state index >= 15 is 0 Å². The number of fused-ring (bicyclic) bond motifs is 3. The second-order valence-electron chi connectivity index (χ2n) is 7.26. The monoisotopic (exact) mass is 414 g/mol. The highest BCUT2D eigenvalue weighted by atomic mass is 19.1. The van der Waals surface area contributed by atoms with Crippen molar-refractivity contribution in [3.8, 4) is 11.4 Å². The molecule has 2 N–H and O–H groups in total. The lowest BCUT2D eigenvalue weighted by Crippen LogP contribution is -2.22. The average Bonchev–Trinajstić information content (AvgIpc) is 3.14. The highest BCUT2D eigenvalue weighted by Gasteiger charge is 2.19. The van der Waals surface area contributed by atoms with E-state index in [4.69, 9.17) is 10.5 Å². The van der Waals surface area contributed by atoms with Gasteiger partial charge >= 0.3 is 0 Å². The number of nitrogens with zero attached hydrogens (tertiary/aromatic N) is 3. The van der Waals surface area contributed by atoms with Crippen molar-refractivity contribution in [1.82, 2.24) is 14.3 Å². The van der Waals surface area contributed by atoms with Gasteiger partial charge in [0.15, 0.2) is 0 Å². The summed E-state index contributed by atoms with van der Waals surface area (Å²) in [6.45, 7) is 0.365. The lowest BCUT2D eigenvalue weighted by atomic mass is 10.1. The Morgan fingerprint density at radius 3 is 2.55 bits per heavy atom. The summed E-state index contributed by atoms with van der Waals surface area (Å²) >= 11 is 0. The molecule has 31 heavy (non-hydrogen) atoms. The zero-order valence-corrected chi connectivity index (χ0v) is 16.7. The Bertz CT molecular complexity index is 1490. The largest absolute Gasteiger partial charge is 0.497 e. The van der Waals surface area contributed by atoms with Crippen LogP contribution in [0.15, 0.2) is 77.6 Å². The first-order valence-electron chi connectivity index (χ1n) is 9.75. The van der Waals surface area contributed by atoms with E-state index in [1.165, 1.54) is 16.8 Å². The minimum Gasteiger partial charge on any atom is -0.497 e. The van der Waals surface area contributed by atoms with Gasteiger partial charge in [-0.15, -0.1) is 0 Å². The highest BCUT2D eigenvalue weighted by molar-refractivity contribution is 6.07. The van der Waals surface area contributed by atoms with Crippen LogP contribution < -0.4 is 16.0 Å². The third kappa shape index (κ3) is 3.11. The second kappa shape index (κ2) is 7.28. The van der Waals surface area contributed by atoms with Crippen LogP contribution in [-0.4, -0.2) is 21.5 Å². The van der Waals surface area contributed by atoms with Crippen molar-refractivity contribution in [2.45, 2.75) is 6.54 Å².